The van der Waals surface area contributed by atoms with Gasteiger partial charge in [0, 0.05) is 26.5 Å². The molecule has 0 fully saturated rings. The zero-order valence-electron chi connectivity index (χ0n) is 19.6. The van der Waals surface area contributed by atoms with Gasteiger partial charge in [-0.3, -0.25) is 9.36 Å². The van der Waals surface area contributed by atoms with Crippen molar-refractivity contribution in [3.8, 4) is 0 Å². The van der Waals surface area contributed by atoms with Crippen molar-refractivity contribution in [2.75, 3.05) is 39.3 Å². The number of rotatable bonds is 9. The second-order valence-electron chi connectivity index (χ2n) is 7.81. The average molecular weight is 492 g/mol. The number of urea groups is 1. The molecule has 8 nitrogen and oxygen atoms in total. The van der Waals surface area contributed by atoms with Gasteiger partial charge in [-0.1, -0.05) is 18.2 Å². The number of fused-ring (bicyclic) bond motifs is 1. The van der Waals surface area contributed by atoms with E-state index in [2.05, 4.69) is 10.3 Å². The van der Waals surface area contributed by atoms with Crippen molar-refractivity contribution in [1.29, 1.82) is 0 Å². The maximum absolute atomic E-state index is 13.2. The van der Waals surface area contributed by atoms with Gasteiger partial charge in [0.25, 0.3) is 5.56 Å². The molecule has 35 heavy (non-hydrogen) atoms. The average Bonchev–Trinajstić information content (AvgIpc) is 2.83. The molecule has 1 aromatic heterocycles. The smallest absolute Gasteiger partial charge is 0.383 e. The minimum atomic E-state index is -4.55. The Morgan fingerprint density at radius 3 is 2.51 bits per heavy atom. The van der Waals surface area contributed by atoms with Crippen LogP contribution in [0, 0.1) is 0 Å². The van der Waals surface area contributed by atoms with E-state index >= 15 is 0 Å². The second-order valence-corrected chi connectivity index (χ2v) is 7.81. The van der Waals surface area contributed by atoms with E-state index in [0.29, 0.717) is 16.7 Å². The highest BCUT2D eigenvalue weighted by Crippen LogP contribution is 2.31. The molecule has 0 aliphatic rings. The molecule has 1 N–H and O–H groups in total. The van der Waals surface area contributed by atoms with Gasteiger partial charge in [-0.05, 0) is 37.3 Å². The number of nitrogens with zero attached hydrogens (tertiary/aromatic N) is 3. The predicted molar refractivity (Wildman–Crippen MR) is 125 cm³/mol. The van der Waals surface area contributed by atoms with Crippen molar-refractivity contribution in [2.24, 2.45) is 0 Å². The first kappa shape index (κ1) is 26.2. The number of benzene rings is 2. The lowest BCUT2D eigenvalue weighted by molar-refractivity contribution is -0.137. The summed E-state index contributed by atoms with van der Waals surface area (Å²) in [5.74, 6) is 0.320. The van der Waals surface area contributed by atoms with Crippen LogP contribution < -0.4 is 10.9 Å². The maximum atomic E-state index is 13.2. The molecule has 0 saturated heterocycles. The molecule has 11 heteroatoms. The molecule has 1 atom stereocenters. The number of carbonyl (C=O) groups excluding carboxylic acids is 1. The molecule has 1 heterocycles. The molecule has 2 amide bonds. The molecule has 2 aromatic carbocycles. The molecule has 0 aliphatic carbocycles. The quantitative estimate of drug-likeness (QED) is 0.481. The molecule has 3 rings (SSSR count). The van der Waals surface area contributed by atoms with Crippen LogP contribution in [0.3, 0.4) is 0 Å². The molecule has 0 saturated carbocycles. The van der Waals surface area contributed by atoms with E-state index in [1.54, 1.807) is 31.2 Å². The summed E-state index contributed by atoms with van der Waals surface area (Å²) in [7, 11) is 2.98. The predicted octanol–water partition coefficient (Wildman–Crippen LogP) is 4.30. The number of anilines is 1. The zero-order chi connectivity index (χ0) is 25.6. The lowest BCUT2D eigenvalue weighted by Crippen LogP contribution is -2.42. The van der Waals surface area contributed by atoms with Gasteiger partial charge in [-0.25, -0.2) is 9.78 Å². The standard InChI is InChI=1S/C24H27F3N4O4/c1-16(21-29-20-10-5-4-9-19(20)22(32)31(21)12-14-35-3)30(11-13-34-2)23(33)28-18-8-6-7-17(15-18)24(25,26)27/h4-10,15-16H,11-14H2,1-3H3,(H,28,33). The number of aromatic nitrogens is 2. The van der Waals surface area contributed by atoms with Gasteiger partial charge in [-0.15, -0.1) is 0 Å². The highest BCUT2D eigenvalue weighted by molar-refractivity contribution is 5.89. The number of alkyl halides is 3. The van der Waals surface area contributed by atoms with Crippen LogP contribution >= 0.6 is 0 Å². The third-order valence-electron chi connectivity index (χ3n) is 5.49. The van der Waals surface area contributed by atoms with E-state index < -0.39 is 23.8 Å². The van der Waals surface area contributed by atoms with Gasteiger partial charge in [0.05, 0.1) is 42.3 Å². The summed E-state index contributed by atoms with van der Waals surface area (Å²) < 4.78 is 51.0. The number of carbonyl (C=O) groups is 1. The first-order chi connectivity index (χ1) is 16.7. The fourth-order valence-electron chi connectivity index (χ4n) is 3.67. The highest BCUT2D eigenvalue weighted by atomic mass is 19.4. The molecule has 0 spiro atoms. The van der Waals surface area contributed by atoms with Crippen molar-refractivity contribution in [2.45, 2.75) is 25.7 Å². The Bertz CT molecular complexity index is 1230. The molecular formula is C24H27F3N4O4. The van der Waals surface area contributed by atoms with Crippen molar-refractivity contribution in [3.05, 3.63) is 70.3 Å². The summed E-state index contributed by atoms with van der Waals surface area (Å²) in [5, 5.41) is 2.95. The van der Waals surface area contributed by atoms with Crippen LogP contribution in [0.4, 0.5) is 23.7 Å². The number of hydrogen-bond donors (Lipinski definition) is 1. The van der Waals surface area contributed by atoms with Gasteiger partial charge >= 0.3 is 12.2 Å². The summed E-state index contributed by atoms with van der Waals surface area (Å²) in [5.41, 5.74) is -0.698. The van der Waals surface area contributed by atoms with E-state index in [1.807, 2.05) is 0 Å². The first-order valence-corrected chi connectivity index (χ1v) is 10.9. The fourth-order valence-corrected chi connectivity index (χ4v) is 3.67. The van der Waals surface area contributed by atoms with Crippen molar-refractivity contribution >= 4 is 22.6 Å². The lowest BCUT2D eigenvalue weighted by atomic mass is 10.2. The molecule has 0 aliphatic heterocycles. The number of methoxy groups -OCH3 is 2. The van der Waals surface area contributed by atoms with E-state index in [9.17, 15) is 22.8 Å². The van der Waals surface area contributed by atoms with Crippen LogP contribution in [0.25, 0.3) is 10.9 Å². The van der Waals surface area contributed by atoms with Gasteiger partial charge < -0.3 is 19.7 Å². The zero-order valence-corrected chi connectivity index (χ0v) is 19.6. The van der Waals surface area contributed by atoms with E-state index in [-0.39, 0.29) is 37.5 Å². The minimum absolute atomic E-state index is 0.0114. The van der Waals surface area contributed by atoms with Crippen LogP contribution in [0.2, 0.25) is 0 Å². The molecule has 1 unspecified atom stereocenters. The summed E-state index contributed by atoms with van der Waals surface area (Å²) in [6.45, 7) is 2.42. The molecule has 188 valence electrons. The molecule has 3 aromatic rings. The monoisotopic (exact) mass is 492 g/mol. The highest BCUT2D eigenvalue weighted by Gasteiger charge is 2.31. The summed E-state index contributed by atoms with van der Waals surface area (Å²) in [6.07, 6.45) is -4.55. The Labute approximate surface area is 200 Å². The van der Waals surface area contributed by atoms with Crippen LogP contribution in [0.1, 0.15) is 24.4 Å². The lowest BCUT2D eigenvalue weighted by Gasteiger charge is -2.30. The molecular weight excluding hydrogens is 465 g/mol. The fraction of sp³-hybridized carbons (Fsp3) is 0.375. The van der Waals surface area contributed by atoms with Crippen LogP contribution in [0.5, 0.6) is 0 Å². The van der Waals surface area contributed by atoms with Crippen LogP contribution in [-0.2, 0) is 22.2 Å². The van der Waals surface area contributed by atoms with Gasteiger partial charge in [-0.2, -0.15) is 13.2 Å². The Morgan fingerprint density at radius 2 is 1.83 bits per heavy atom. The third-order valence-corrected chi connectivity index (χ3v) is 5.49. The summed E-state index contributed by atoms with van der Waals surface area (Å²) in [6, 6.07) is 9.87. The second kappa shape index (κ2) is 11.3. The van der Waals surface area contributed by atoms with Crippen molar-refractivity contribution in [1.82, 2.24) is 14.5 Å². The van der Waals surface area contributed by atoms with Gasteiger partial charge in [0.2, 0.25) is 0 Å². The normalized spacial score (nSPS) is 12.5. The van der Waals surface area contributed by atoms with Gasteiger partial charge in [0.15, 0.2) is 0 Å². The topological polar surface area (TPSA) is 85.7 Å². The van der Waals surface area contributed by atoms with Crippen LogP contribution in [-0.4, -0.2) is 54.5 Å². The van der Waals surface area contributed by atoms with Crippen molar-refractivity contribution in [3.63, 3.8) is 0 Å². The van der Waals surface area contributed by atoms with E-state index in [1.165, 1.54) is 35.8 Å². The Hall–Kier alpha value is -3.44. The first-order valence-electron chi connectivity index (χ1n) is 10.9. The van der Waals surface area contributed by atoms with Crippen LogP contribution in [0.15, 0.2) is 53.3 Å². The number of para-hydroxylation sites is 1. The largest absolute Gasteiger partial charge is 0.416 e. The Balaban J connectivity index is 2.00. The molecule has 0 bridgehead atoms. The third kappa shape index (κ3) is 6.17. The summed E-state index contributed by atoms with van der Waals surface area (Å²) >= 11 is 0. The van der Waals surface area contributed by atoms with E-state index in [0.717, 1.165) is 12.1 Å². The van der Waals surface area contributed by atoms with Crippen molar-refractivity contribution < 1.29 is 27.4 Å². The Kier molecular flexibility index (Phi) is 8.47. The SMILES string of the molecule is COCCN(C(=O)Nc1cccc(C(F)(F)F)c1)C(C)c1nc2ccccc2c(=O)n1CCOC. The summed E-state index contributed by atoms with van der Waals surface area (Å²) in [4.78, 5) is 32.4. The maximum Gasteiger partial charge on any atom is 0.416 e. The number of amides is 2. The number of ether oxygens (including phenoxy) is 2. The van der Waals surface area contributed by atoms with Gasteiger partial charge in [0.1, 0.15) is 5.82 Å². The number of halogens is 3. The Morgan fingerprint density at radius 1 is 1.11 bits per heavy atom. The molecule has 0 radical (unpaired) electrons. The number of hydrogen-bond acceptors (Lipinski definition) is 5. The van der Waals surface area contributed by atoms with E-state index in [4.69, 9.17) is 9.47 Å². The minimum Gasteiger partial charge on any atom is -0.383 e. The number of nitrogens with one attached hydrogen (secondary N) is 1.